The van der Waals surface area contributed by atoms with Crippen molar-refractivity contribution in [2.24, 2.45) is 0 Å². The van der Waals surface area contributed by atoms with E-state index in [2.05, 4.69) is 28.8 Å². The van der Waals surface area contributed by atoms with Gasteiger partial charge in [0.05, 0.1) is 12.1 Å². The molecule has 17 heavy (non-hydrogen) atoms. The highest BCUT2D eigenvalue weighted by Crippen LogP contribution is 2.14. The van der Waals surface area contributed by atoms with Crippen LogP contribution in [-0.2, 0) is 6.42 Å². The topological polar surface area (TPSA) is 58.6 Å². The van der Waals surface area contributed by atoms with Gasteiger partial charge in [-0.15, -0.1) is 0 Å². The van der Waals surface area contributed by atoms with Crippen molar-refractivity contribution < 1.29 is 4.79 Å². The number of aromatic amines is 1. The van der Waals surface area contributed by atoms with E-state index in [-0.39, 0.29) is 12.2 Å². The second kappa shape index (κ2) is 4.91. The number of H-pyrrole nitrogens is 1. The van der Waals surface area contributed by atoms with E-state index in [1.54, 1.807) is 18.5 Å². The van der Waals surface area contributed by atoms with Crippen LogP contribution in [0.3, 0.4) is 0 Å². The number of hydrogen-bond acceptors (Lipinski definition) is 3. The first-order valence-corrected chi connectivity index (χ1v) is 5.65. The summed E-state index contributed by atoms with van der Waals surface area (Å²) in [5.74, 6) is 0.964. The molecule has 0 saturated carbocycles. The third-order valence-corrected chi connectivity index (χ3v) is 2.57. The first-order valence-electron chi connectivity index (χ1n) is 5.65. The Bertz CT molecular complexity index is 502. The Kier molecular flexibility index (Phi) is 3.32. The van der Waals surface area contributed by atoms with Gasteiger partial charge in [0.15, 0.2) is 5.78 Å². The predicted molar refractivity (Wildman–Crippen MR) is 64.9 cm³/mol. The molecule has 0 aliphatic heterocycles. The van der Waals surface area contributed by atoms with Gasteiger partial charge in [-0.25, -0.2) is 9.97 Å². The minimum atomic E-state index is 0.0168. The molecule has 0 bridgehead atoms. The number of carbonyl (C=O) groups excluding carboxylic acids is 1. The van der Waals surface area contributed by atoms with Gasteiger partial charge in [-0.1, -0.05) is 13.8 Å². The lowest BCUT2D eigenvalue weighted by atomic mass is 10.1. The van der Waals surface area contributed by atoms with Gasteiger partial charge >= 0.3 is 0 Å². The van der Waals surface area contributed by atoms with Gasteiger partial charge < -0.3 is 4.98 Å². The molecule has 0 saturated heterocycles. The highest BCUT2D eigenvalue weighted by Gasteiger charge is 2.11. The summed E-state index contributed by atoms with van der Waals surface area (Å²) in [5.41, 5.74) is 1.70. The Morgan fingerprint density at radius 2 is 2.00 bits per heavy atom. The zero-order chi connectivity index (χ0) is 12.3. The van der Waals surface area contributed by atoms with E-state index in [1.165, 1.54) is 0 Å². The molecule has 0 unspecified atom stereocenters. The summed E-state index contributed by atoms with van der Waals surface area (Å²) in [6, 6.07) is 5.50. The van der Waals surface area contributed by atoms with Crippen LogP contribution >= 0.6 is 0 Å². The Morgan fingerprint density at radius 1 is 1.29 bits per heavy atom. The van der Waals surface area contributed by atoms with E-state index in [1.807, 2.05) is 12.1 Å². The van der Waals surface area contributed by atoms with Gasteiger partial charge in [0.25, 0.3) is 0 Å². The minimum Gasteiger partial charge on any atom is -0.356 e. The average molecular weight is 229 g/mol. The molecule has 88 valence electrons. The smallest absolute Gasteiger partial charge is 0.186 e. The van der Waals surface area contributed by atoms with Crippen molar-refractivity contribution in [3.05, 3.63) is 47.8 Å². The van der Waals surface area contributed by atoms with Gasteiger partial charge in [-0.05, 0) is 24.1 Å². The van der Waals surface area contributed by atoms with Crippen LogP contribution in [0.4, 0.5) is 0 Å². The summed E-state index contributed by atoms with van der Waals surface area (Å²) in [6.45, 7) is 4.17. The highest BCUT2D eigenvalue weighted by molar-refractivity contribution is 5.95. The Labute approximate surface area is 100 Å². The molecule has 0 spiro atoms. The van der Waals surface area contributed by atoms with E-state index in [0.29, 0.717) is 17.4 Å². The molecule has 0 amide bonds. The molecule has 0 aliphatic rings. The van der Waals surface area contributed by atoms with Crippen molar-refractivity contribution in [2.45, 2.75) is 26.2 Å². The predicted octanol–water partition coefficient (Wildman–Crippen LogP) is 2.35. The first-order chi connectivity index (χ1) is 8.16. The van der Waals surface area contributed by atoms with E-state index >= 15 is 0 Å². The van der Waals surface area contributed by atoms with Crippen LogP contribution in [0.25, 0.3) is 0 Å². The summed E-state index contributed by atoms with van der Waals surface area (Å²) >= 11 is 0. The van der Waals surface area contributed by atoms with Crippen molar-refractivity contribution in [1.82, 2.24) is 15.0 Å². The normalized spacial score (nSPS) is 10.8. The monoisotopic (exact) mass is 229 g/mol. The van der Waals surface area contributed by atoms with Gasteiger partial charge in [0, 0.05) is 18.1 Å². The third-order valence-electron chi connectivity index (χ3n) is 2.57. The maximum Gasteiger partial charge on any atom is 0.186 e. The lowest BCUT2D eigenvalue weighted by Crippen LogP contribution is -2.07. The lowest BCUT2D eigenvalue weighted by Gasteiger charge is -2.00. The molecule has 0 fully saturated rings. The van der Waals surface area contributed by atoms with Crippen molar-refractivity contribution in [3.63, 3.8) is 0 Å². The van der Waals surface area contributed by atoms with E-state index in [0.717, 1.165) is 5.69 Å². The molecule has 0 atom stereocenters. The molecule has 2 rings (SSSR count). The number of aromatic nitrogens is 3. The Morgan fingerprint density at radius 3 is 2.59 bits per heavy atom. The fourth-order valence-corrected chi connectivity index (χ4v) is 1.57. The Balaban J connectivity index is 2.10. The number of Topliss-reactive ketones (excluding diaryl/α,β-unsaturated/α-hetero) is 1. The molecule has 1 N–H and O–H groups in total. The molecule has 4 heteroatoms. The minimum absolute atomic E-state index is 0.0168. The van der Waals surface area contributed by atoms with Crippen LogP contribution in [0.1, 0.15) is 41.8 Å². The number of ketones is 1. The fourth-order valence-electron chi connectivity index (χ4n) is 1.57. The molecule has 2 heterocycles. The molecule has 0 aromatic carbocycles. The number of rotatable bonds is 4. The van der Waals surface area contributed by atoms with Crippen molar-refractivity contribution in [3.8, 4) is 0 Å². The van der Waals surface area contributed by atoms with Crippen molar-refractivity contribution in [2.75, 3.05) is 0 Å². The van der Waals surface area contributed by atoms with Gasteiger partial charge in [0.1, 0.15) is 5.82 Å². The SMILES string of the molecule is CC(C)c1ccc(C(=O)Cc2ncccn2)[nH]1. The van der Waals surface area contributed by atoms with Crippen LogP contribution in [0.2, 0.25) is 0 Å². The average Bonchev–Trinajstić information content (AvgIpc) is 2.79. The number of carbonyl (C=O) groups is 1. The quantitative estimate of drug-likeness (QED) is 0.819. The molecule has 0 aliphatic carbocycles. The molecule has 4 nitrogen and oxygen atoms in total. The van der Waals surface area contributed by atoms with E-state index in [4.69, 9.17) is 0 Å². The summed E-state index contributed by atoms with van der Waals surface area (Å²) < 4.78 is 0. The maximum absolute atomic E-state index is 11.9. The van der Waals surface area contributed by atoms with Gasteiger partial charge in [0.2, 0.25) is 0 Å². The fraction of sp³-hybridized carbons (Fsp3) is 0.308. The number of hydrogen-bond donors (Lipinski definition) is 1. The highest BCUT2D eigenvalue weighted by atomic mass is 16.1. The number of nitrogens with zero attached hydrogens (tertiary/aromatic N) is 2. The van der Waals surface area contributed by atoms with Gasteiger partial charge in [-0.3, -0.25) is 4.79 Å². The lowest BCUT2D eigenvalue weighted by molar-refractivity contribution is 0.0986. The second-order valence-corrected chi connectivity index (χ2v) is 4.25. The summed E-state index contributed by atoms with van der Waals surface area (Å²) in [5, 5.41) is 0. The van der Waals surface area contributed by atoms with Crippen LogP contribution in [0.15, 0.2) is 30.6 Å². The molecular formula is C13H15N3O. The second-order valence-electron chi connectivity index (χ2n) is 4.25. The zero-order valence-corrected chi connectivity index (χ0v) is 9.97. The third kappa shape index (κ3) is 2.78. The molecule has 2 aromatic heterocycles. The molecular weight excluding hydrogens is 214 g/mol. The number of nitrogens with one attached hydrogen (secondary N) is 1. The van der Waals surface area contributed by atoms with Crippen molar-refractivity contribution in [1.29, 1.82) is 0 Å². The zero-order valence-electron chi connectivity index (χ0n) is 9.97. The largest absolute Gasteiger partial charge is 0.356 e. The summed E-state index contributed by atoms with van der Waals surface area (Å²) in [7, 11) is 0. The van der Waals surface area contributed by atoms with Crippen LogP contribution < -0.4 is 0 Å². The van der Waals surface area contributed by atoms with Crippen LogP contribution in [0.5, 0.6) is 0 Å². The van der Waals surface area contributed by atoms with E-state index < -0.39 is 0 Å². The van der Waals surface area contributed by atoms with E-state index in [9.17, 15) is 4.79 Å². The molecule has 0 radical (unpaired) electrons. The first kappa shape index (κ1) is 11.5. The van der Waals surface area contributed by atoms with Gasteiger partial charge in [-0.2, -0.15) is 0 Å². The van der Waals surface area contributed by atoms with Crippen molar-refractivity contribution >= 4 is 5.78 Å². The molecule has 2 aromatic rings. The summed E-state index contributed by atoms with van der Waals surface area (Å²) in [4.78, 5) is 23.1. The maximum atomic E-state index is 11.9. The Hall–Kier alpha value is -1.97. The van der Waals surface area contributed by atoms with Crippen LogP contribution in [0, 0.1) is 0 Å². The standard InChI is InChI=1S/C13H15N3O/c1-9(2)10-4-5-11(16-10)12(17)8-13-14-6-3-7-15-13/h3-7,9,16H,8H2,1-2H3. The summed E-state index contributed by atoms with van der Waals surface area (Å²) in [6.07, 6.45) is 3.52. The van der Waals surface area contributed by atoms with Crippen LogP contribution in [-0.4, -0.2) is 20.7 Å².